The molecule has 0 spiro atoms. The standard InChI is InChI=1S/C27H37N3O4/c1-19(2)13-24-15-21-11-12-23(30(32)33)16-22(21)17-29(24)18-25(14-20-9-7-6-8-10-20)34-26(31)28-27(3,4)5/h6-12,16,19,24-25H,13-15,17-18H2,1-5H3,(H,28,31). The van der Waals surface area contributed by atoms with Crippen LogP contribution in [0.4, 0.5) is 10.5 Å². The van der Waals surface area contributed by atoms with Gasteiger partial charge in [-0.3, -0.25) is 15.0 Å². The zero-order valence-corrected chi connectivity index (χ0v) is 20.9. The van der Waals surface area contributed by atoms with Crippen LogP contribution in [-0.4, -0.2) is 40.1 Å². The van der Waals surface area contributed by atoms with Crippen molar-refractivity contribution in [2.24, 2.45) is 5.92 Å². The van der Waals surface area contributed by atoms with Crippen molar-refractivity contribution in [1.82, 2.24) is 10.2 Å². The Labute approximate surface area is 202 Å². The van der Waals surface area contributed by atoms with E-state index in [1.807, 2.05) is 57.2 Å². The fraction of sp³-hybridized carbons (Fsp3) is 0.519. The van der Waals surface area contributed by atoms with E-state index in [4.69, 9.17) is 4.74 Å². The average Bonchev–Trinajstić information content (AvgIpc) is 2.72. The first-order chi connectivity index (χ1) is 16.0. The van der Waals surface area contributed by atoms with E-state index in [0.717, 1.165) is 24.0 Å². The van der Waals surface area contributed by atoms with Crippen molar-refractivity contribution < 1.29 is 14.5 Å². The quantitative estimate of drug-likeness (QED) is 0.409. The normalized spacial score (nSPS) is 17.2. The Bertz CT molecular complexity index is 985. The molecule has 7 heteroatoms. The van der Waals surface area contributed by atoms with Crippen molar-refractivity contribution in [3.8, 4) is 0 Å². The minimum Gasteiger partial charge on any atom is -0.445 e. The number of non-ortho nitro benzene ring substituents is 1. The number of nitro groups is 1. The van der Waals surface area contributed by atoms with Crippen LogP contribution in [0, 0.1) is 16.0 Å². The Morgan fingerprint density at radius 1 is 1.18 bits per heavy atom. The minimum absolute atomic E-state index is 0.114. The highest BCUT2D eigenvalue weighted by Crippen LogP contribution is 2.30. The van der Waals surface area contributed by atoms with Gasteiger partial charge in [-0.1, -0.05) is 50.2 Å². The highest BCUT2D eigenvalue weighted by molar-refractivity contribution is 5.68. The minimum atomic E-state index is -0.429. The van der Waals surface area contributed by atoms with Crippen molar-refractivity contribution in [3.05, 3.63) is 75.3 Å². The molecular weight excluding hydrogens is 430 g/mol. The summed E-state index contributed by atoms with van der Waals surface area (Å²) < 4.78 is 5.94. The average molecular weight is 468 g/mol. The monoisotopic (exact) mass is 467 g/mol. The summed E-state index contributed by atoms with van der Waals surface area (Å²) >= 11 is 0. The van der Waals surface area contributed by atoms with Gasteiger partial charge >= 0.3 is 6.09 Å². The Morgan fingerprint density at radius 3 is 2.50 bits per heavy atom. The summed E-state index contributed by atoms with van der Waals surface area (Å²) in [6.45, 7) is 11.3. The number of hydrogen-bond donors (Lipinski definition) is 1. The summed E-state index contributed by atoms with van der Waals surface area (Å²) in [6, 6.07) is 15.5. The Hall–Kier alpha value is -2.93. The number of fused-ring (bicyclic) bond motifs is 1. The second kappa shape index (κ2) is 11.0. The van der Waals surface area contributed by atoms with Gasteiger partial charge in [0.25, 0.3) is 5.69 Å². The molecule has 2 aromatic rings. The largest absolute Gasteiger partial charge is 0.445 e. The summed E-state index contributed by atoms with van der Waals surface area (Å²) in [5, 5.41) is 14.2. The second-order valence-electron chi connectivity index (χ2n) is 10.7. The van der Waals surface area contributed by atoms with Crippen LogP contribution in [0.3, 0.4) is 0 Å². The second-order valence-corrected chi connectivity index (χ2v) is 10.7. The third-order valence-corrected chi connectivity index (χ3v) is 5.98. The van der Waals surface area contributed by atoms with Gasteiger partial charge in [-0.25, -0.2) is 4.79 Å². The molecule has 2 unspecified atom stereocenters. The lowest BCUT2D eigenvalue weighted by Gasteiger charge is -2.39. The van der Waals surface area contributed by atoms with E-state index in [-0.39, 0.29) is 22.8 Å². The fourth-order valence-corrected chi connectivity index (χ4v) is 4.56. The maximum absolute atomic E-state index is 12.7. The summed E-state index contributed by atoms with van der Waals surface area (Å²) in [7, 11) is 0. The summed E-state index contributed by atoms with van der Waals surface area (Å²) in [4.78, 5) is 26.0. The molecule has 0 aliphatic carbocycles. The van der Waals surface area contributed by atoms with Gasteiger partial charge in [0, 0.05) is 43.2 Å². The number of alkyl carbamates (subject to hydrolysis) is 1. The van der Waals surface area contributed by atoms with Crippen LogP contribution in [0.2, 0.25) is 0 Å². The first-order valence-corrected chi connectivity index (χ1v) is 12.0. The first kappa shape index (κ1) is 25.7. The molecule has 0 bridgehead atoms. The molecule has 34 heavy (non-hydrogen) atoms. The predicted molar refractivity (Wildman–Crippen MR) is 134 cm³/mol. The molecule has 3 rings (SSSR count). The third kappa shape index (κ3) is 7.55. The van der Waals surface area contributed by atoms with Gasteiger partial charge in [0.2, 0.25) is 0 Å². The van der Waals surface area contributed by atoms with Crippen LogP contribution in [0.25, 0.3) is 0 Å². The summed E-state index contributed by atoms with van der Waals surface area (Å²) in [6.07, 6.45) is 1.66. The molecule has 0 saturated carbocycles. The van der Waals surface area contributed by atoms with Gasteiger partial charge in [-0.2, -0.15) is 0 Å². The number of carbonyl (C=O) groups is 1. The molecule has 1 aliphatic heterocycles. The Balaban J connectivity index is 1.85. The van der Waals surface area contributed by atoms with E-state index in [2.05, 4.69) is 24.1 Å². The molecule has 2 atom stereocenters. The molecule has 0 saturated heterocycles. The van der Waals surface area contributed by atoms with Crippen LogP contribution in [0.5, 0.6) is 0 Å². The number of nitro benzene ring substituents is 1. The number of nitrogens with zero attached hydrogens (tertiary/aromatic N) is 2. The molecule has 2 aromatic carbocycles. The Morgan fingerprint density at radius 2 is 1.88 bits per heavy atom. The number of carbonyl (C=O) groups excluding carboxylic acids is 1. The van der Waals surface area contributed by atoms with Gasteiger partial charge < -0.3 is 10.1 Å². The summed E-state index contributed by atoms with van der Waals surface area (Å²) in [5.41, 5.74) is 2.97. The summed E-state index contributed by atoms with van der Waals surface area (Å²) in [5.74, 6) is 0.504. The number of amides is 1. The van der Waals surface area contributed by atoms with Gasteiger partial charge in [-0.15, -0.1) is 0 Å². The maximum atomic E-state index is 12.7. The Kier molecular flexibility index (Phi) is 8.31. The van der Waals surface area contributed by atoms with Crippen molar-refractivity contribution in [2.75, 3.05) is 6.54 Å². The SMILES string of the molecule is CC(C)CC1Cc2ccc([N+](=O)[O-])cc2CN1CC(Cc1ccccc1)OC(=O)NC(C)(C)C. The molecule has 7 nitrogen and oxygen atoms in total. The van der Waals surface area contributed by atoms with Crippen LogP contribution < -0.4 is 5.32 Å². The topological polar surface area (TPSA) is 84.7 Å². The van der Waals surface area contributed by atoms with Crippen molar-refractivity contribution >= 4 is 11.8 Å². The number of nitrogens with one attached hydrogen (secondary N) is 1. The van der Waals surface area contributed by atoms with Crippen LogP contribution in [-0.2, 0) is 24.1 Å². The first-order valence-electron chi connectivity index (χ1n) is 12.0. The molecule has 1 N–H and O–H groups in total. The number of ether oxygens (including phenoxy) is 1. The van der Waals surface area contributed by atoms with E-state index in [1.54, 1.807) is 12.1 Å². The lowest BCUT2D eigenvalue weighted by atomic mass is 9.88. The lowest BCUT2D eigenvalue weighted by molar-refractivity contribution is -0.385. The van der Waals surface area contributed by atoms with Crippen molar-refractivity contribution in [2.45, 2.75) is 78.1 Å². The van der Waals surface area contributed by atoms with E-state index < -0.39 is 11.6 Å². The van der Waals surface area contributed by atoms with Crippen molar-refractivity contribution in [1.29, 1.82) is 0 Å². The number of hydrogen-bond acceptors (Lipinski definition) is 5. The van der Waals surface area contributed by atoms with Gasteiger partial charge in [0.1, 0.15) is 6.10 Å². The van der Waals surface area contributed by atoms with Gasteiger partial charge in [-0.05, 0) is 56.2 Å². The molecule has 0 radical (unpaired) electrons. The molecule has 0 fully saturated rings. The van der Waals surface area contributed by atoms with Gasteiger partial charge in [0.15, 0.2) is 0 Å². The van der Waals surface area contributed by atoms with E-state index in [1.165, 1.54) is 5.56 Å². The van der Waals surface area contributed by atoms with Crippen LogP contribution >= 0.6 is 0 Å². The van der Waals surface area contributed by atoms with E-state index in [9.17, 15) is 14.9 Å². The highest BCUT2D eigenvalue weighted by Gasteiger charge is 2.31. The predicted octanol–water partition coefficient (Wildman–Crippen LogP) is 5.50. The zero-order valence-electron chi connectivity index (χ0n) is 20.9. The van der Waals surface area contributed by atoms with E-state index in [0.29, 0.717) is 25.4 Å². The molecule has 1 heterocycles. The molecule has 184 valence electrons. The van der Waals surface area contributed by atoms with E-state index >= 15 is 0 Å². The molecule has 0 aromatic heterocycles. The van der Waals surface area contributed by atoms with Crippen LogP contribution in [0.15, 0.2) is 48.5 Å². The zero-order chi connectivity index (χ0) is 24.9. The lowest BCUT2D eigenvalue weighted by Crippen LogP contribution is -2.48. The van der Waals surface area contributed by atoms with Crippen LogP contribution in [0.1, 0.15) is 57.7 Å². The molecular formula is C27H37N3O4. The van der Waals surface area contributed by atoms with Crippen molar-refractivity contribution in [3.63, 3.8) is 0 Å². The fourth-order valence-electron chi connectivity index (χ4n) is 4.56. The number of benzene rings is 2. The molecule has 1 aliphatic rings. The smallest absolute Gasteiger partial charge is 0.407 e. The van der Waals surface area contributed by atoms with Gasteiger partial charge in [0.05, 0.1) is 4.92 Å². The maximum Gasteiger partial charge on any atom is 0.407 e. The molecule has 1 amide bonds. The third-order valence-electron chi connectivity index (χ3n) is 5.98. The number of rotatable bonds is 8. The highest BCUT2D eigenvalue weighted by atomic mass is 16.6.